The largest absolute Gasteiger partial charge is 0.345 e. The van der Waals surface area contributed by atoms with Gasteiger partial charge in [-0.15, -0.1) is 11.3 Å². The van der Waals surface area contributed by atoms with E-state index in [1.807, 2.05) is 0 Å². The number of nitrogens with zero attached hydrogens (tertiary/aromatic N) is 2. The second-order valence-corrected chi connectivity index (χ2v) is 7.51. The Kier molecular flexibility index (Phi) is 4.06. The second kappa shape index (κ2) is 6.63. The number of aromatic amines is 1. The molecule has 5 rings (SSSR count). The van der Waals surface area contributed by atoms with E-state index in [0.717, 1.165) is 28.4 Å². The molecule has 1 aliphatic heterocycles. The van der Waals surface area contributed by atoms with Gasteiger partial charge >= 0.3 is 6.03 Å². The van der Waals surface area contributed by atoms with Gasteiger partial charge in [-0.1, -0.05) is 12.1 Å². The molecule has 0 saturated carbocycles. The van der Waals surface area contributed by atoms with Crippen LogP contribution in [0, 0.1) is 16.8 Å². The smallest absolute Gasteiger partial charge is 0.322 e. The maximum Gasteiger partial charge on any atom is 0.322 e. The summed E-state index contributed by atoms with van der Waals surface area (Å²) >= 11 is 0.816. The van der Waals surface area contributed by atoms with Crippen molar-refractivity contribution in [1.29, 1.82) is 0 Å². The highest BCUT2D eigenvalue weighted by Crippen LogP contribution is 2.36. The van der Waals surface area contributed by atoms with Crippen LogP contribution in [0.1, 0.15) is 11.6 Å². The van der Waals surface area contributed by atoms with Crippen molar-refractivity contribution in [3.8, 4) is 11.1 Å². The van der Waals surface area contributed by atoms with Gasteiger partial charge in [0.15, 0.2) is 16.8 Å². The molecule has 1 unspecified atom stereocenters. The van der Waals surface area contributed by atoms with Gasteiger partial charge in [-0.05, 0) is 29.8 Å². The number of hydrogen-bond acceptors (Lipinski definition) is 3. The van der Waals surface area contributed by atoms with Crippen LogP contribution >= 0.6 is 11.3 Å². The Morgan fingerprint density at radius 1 is 1.10 bits per heavy atom. The molecule has 146 valence electrons. The van der Waals surface area contributed by atoms with E-state index in [2.05, 4.69) is 15.3 Å². The van der Waals surface area contributed by atoms with Crippen molar-refractivity contribution >= 4 is 34.1 Å². The van der Waals surface area contributed by atoms with Crippen LogP contribution < -0.4 is 10.2 Å². The summed E-state index contributed by atoms with van der Waals surface area (Å²) < 4.78 is 43.0. The highest BCUT2D eigenvalue weighted by molar-refractivity contribution is 7.08. The quantitative estimate of drug-likeness (QED) is 0.497. The average Bonchev–Trinajstić information content (AvgIpc) is 3.43. The molecule has 2 amide bonds. The van der Waals surface area contributed by atoms with Crippen LogP contribution in [-0.4, -0.2) is 22.5 Å². The summed E-state index contributed by atoms with van der Waals surface area (Å²) in [6, 6.07) is 8.06. The fourth-order valence-corrected chi connectivity index (χ4v) is 4.25. The van der Waals surface area contributed by atoms with E-state index in [9.17, 15) is 18.0 Å². The van der Waals surface area contributed by atoms with E-state index in [1.54, 1.807) is 18.2 Å². The number of hydrogen-bond donors (Lipinski definition) is 2. The number of carbonyl (C=O) groups excluding carboxylic acids is 1. The molecular formula is C20H13F3N4OS. The molecule has 0 bridgehead atoms. The van der Waals surface area contributed by atoms with E-state index in [1.165, 1.54) is 28.7 Å². The number of H-pyrrole nitrogens is 1. The first-order chi connectivity index (χ1) is 14.0. The lowest BCUT2D eigenvalue weighted by Crippen LogP contribution is -2.30. The first kappa shape index (κ1) is 17.7. The number of benzene rings is 2. The minimum Gasteiger partial charge on any atom is -0.345 e. The highest BCUT2D eigenvalue weighted by atomic mass is 32.1. The van der Waals surface area contributed by atoms with Crippen LogP contribution in [-0.2, 0) is 0 Å². The lowest BCUT2D eigenvalue weighted by molar-refractivity contribution is 0.251. The maximum absolute atomic E-state index is 15.0. The van der Waals surface area contributed by atoms with Crippen molar-refractivity contribution in [3.05, 3.63) is 70.4 Å². The molecule has 1 fully saturated rings. The highest BCUT2D eigenvalue weighted by Gasteiger charge is 2.36. The number of rotatable bonds is 3. The minimum absolute atomic E-state index is 0.0193. The standard InChI is InChI=1S/C20H13F3N4OS/c21-17-5-10(8-29-17)12-2-3-13(19(23)18(12)22)16-7-24-20(28)27(16)11-1-4-14-15(6-11)26-9-25-14/h1-6,8-9,16H,7H2,(H,24,28)(H,25,26). The van der Waals surface area contributed by atoms with Crippen molar-refractivity contribution in [2.24, 2.45) is 0 Å². The molecule has 29 heavy (non-hydrogen) atoms. The van der Waals surface area contributed by atoms with Crippen molar-refractivity contribution in [2.75, 3.05) is 11.4 Å². The zero-order chi connectivity index (χ0) is 20.1. The van der Waals surface area contributed by atoms with Gasteiger partial charge in [0.1, 0.15) is 0 Å². The monoisotopic (exact) mass is 414 g/mol. The molecule has 5 nitrogen and oxygen atoms in total. The fraction of sp³-hybridized carbons (Fsp3) is 0.100. The molecule has 0 radical (unpaired) electrons. The molecule has 1 saturated heterocycles. The van der Waals surface area contributed by atoms with Crippen LogP contribution in [0.5, 0.6) is 0 Å². The number of imidazole rings is 1. The Morgan fingerprint density at radius 2 is 1.97 bits per heavy atom. The van der Waals surface area contributed by atoms with Gasteiger partial charge in [-0.25, -0.2) is 18.6 Å². The predicted molar refractivity (Wildman–Crippen MR) is 104 cm³/mol. The molecule has 0 spiro atoms. The summed E-state index contributed by atoms with van der Waals surface area (Å²) in [6.45, 7) is 0.128. The van der Waals surface area contributed by atoms with Crippen LogP contribution in [0.4, 0.5) is 23.7 Å². The van der Waals surface area contributed by atoms with Crippen LogP contribution in [0.3, 0.4) is 0 Å². The summed E-state index contributed by atoms with van der Waals surface area (Å²) in [6.07, 6.45) is 1.54. The molecule has 0 aliphatic carbocycles. The summed E-state index contributed by atoms with van der Waals surface area (Å²) in [5, 5.41) is 3.63. The summed E-state index contributed by atoms with van der Waals surface area (Å²) in [5.74, 6) is -2.12. The summed E-state index contributed by atoms with van der Waals surface area (Å²) in [5.41, 5.74) is 2.29. The molecule has 9 heteroatoms. The Labute approximate surface area is 166 Å². The zero-order valence-electron chi connectivity index (χ0n) is 14.7. The van der Waals surface area contributed by atoms with Gasteiger partial charge in [-0.2, -0.15) is 4.39 Å². The third kappa shape index (κ3) is 2.85. The number of fused-ring (bicyclic) bond motifs is 1. The third-order valence-corrected chi connectivity index (χ3v) is 5.72. The topological polar surface area (TPSA) is 61.0 Å². The average molecular weight is 414 g/mol. The van der Waals surface area contributed by atoms with Gasteiger partial charge < -0.3 is 10.3 Å². The molecule has 2 aromatic carbocycles. The zero-order valence-corrected chi connectivity index (χ0v) is 15.6. The van der Waals surface area contributed by atoms with E-state index in [0.29, 0.717) is 5.69 Å². The third-order valence-electron chi connectivity index (χ3n) is 5.01. The van der Waals surface area contributed by atoms with E-state index in [-0.39, 0.29) is 23.2 Å². The minimum atomic E-state index is -1.07. The second-order valence-electron chi connectivity index (χ2n) is 6.65. The van der Waals surface area contributed by atoms with Gasteiger partial charge in [0, 0.05) is 28.7 Å². The Bertz CT molecular complexity index is 1250. The van der Waals surface area contributed by atoms with Crippen molar-refractivity contribution in [1.82, 2.24) is 15.3 Å². The van der Waals surface area contributed by atoms with E-state index in [4.69, 9.17) is 0 Å². The lowest BCUT2D eigenvalue weighted by Gasteiger charge is -2.24. The normalized spacial score (nSPS) is 16.6. The number of aromatic nitrogens is 2. The Balaban J connectivity index is 1.57. The molecule has 1 atom stereocenters. The molecule has 2 N–H and O–H groups in total. The molecule has 4 aromatic rings. The van der Waals surface area contributed by atoms with Crippen molar-refractivity contribution < 1.29 is 18.0 Å². The number of urea groups is 1. The number of anilines is 1. The number of thiophene rings is 1. The Hall–Kier alpha value is -3.33. The fourth-order valence-electron chi connectivity index (χ4n) is 3.62. The lowest BCUT2D eigenvalue weighted by atomic mass is 10.00. The van der Waals surface area contributed by atoms with Gasteiger partial charge in [0.2, 0.25) is 0 Å². The van der Waals surface area contributed by atoms with Crippen LogP contribution in [0.15, 0.2) is 48.1 Å². The van der Waals surface area contributed by atoms with Crippen LogP contribution in [0.25, 0.3) is 22.2 Å². The van der Waals surface area contributed by atoms with E-state index < -0.39 is 28.8 Å². The predicted octanol–water partition coefficient (Wildman–Crippen LogP) is 4.98. The maximum atomic E-state index is 15.0. The first-order valence-corrected chi connectivity index (χ1v) is 9.63. The number of nitrogens with one attached hydrogen (secondary N) is 2. The summed E-state index contributed by atoms with van der Waals surface area (Å²) in [7, 11) is 0. The number of halogens is 3. The molecular weight excluding hydrogens is 401 g/mol. The van der Waals surface area contributed by atoms with Gasteiger partial charge in [0.05, 0.1) is 23.4 Å². The molecule has 3 heterocycles. The van der Waals surface area contributed by atoms with Crippen molar-refractivity contribution in [2.45, 2.75) is 6.04 Å². The first-order valence-electron chi connectivity index (χ1n) is 8.75. The molecule has 2 aromatic heterocycles. The SMILES string of the molecule is O=C1NCC(c2ccc(-c3csc(F)c3)c(F)c2F)N1c1ccc2nc[nH]c2c1. The Morgan fingerprint density at radius 3 is 2.76 bits per heavy atom. The van der Waals surface area contributed by atoms with E-state index >= 15 is 0 Å². The van der Waals surface area contributed by atoms with Crippen molar-refractivity contribution in [3.63, 3.8) is 0 Å². The number of amides is 2. The number of carbonyl (C=O) groups is 1. The van der Waals surface area contributed by atoms with Gasteiger partial charge in [0.25, 0.3) is 0 Å². The molecule has 1 aliphatic rings. The van der Waals surface area contributed by atoms with Gasteiger partial charge in [-0.3, -0.25) is 4.90 Å². The van der Waals surface area contributed by atoms with Crippen LogP contribution in [0.2, 0.25) is 0 Å². The summed E-state index contributed by atoms with van der Waals surface area (Å²) in [4.78, 5) is 20.9.